The number of methoxy groups -OCH3 is 4. The van der Waals surface area contributed by atoms with E-state index in [2.05, 4.69) is 76.3 Å². The van der Waals surface area contributed by atoms with E-state index in [1.807, 2.05) is 0 Å². The molecular formula is C40H60O4. The van der Waals surface area contributed by atoms with Crippen LogP contribution in [0.15, 0.2) is 48.6 Å². The van der Waals surface area contributed by atoms with Gasteiger partial charge in [0.1, 0.15) is 23.0 Å². The molecule has 4 nitrogen and oxygen atoms in total. The first-order chi connectivity index (χ1) is 21.4. The first kappa shape index (κ1) is 35.6. The summed E-state index contributed by atoms with van der Waals surface area (Å²) in [7, 11) is 7.21. The van der Waals surface area contributed by atoms with Gasteiger partial charge in [-0.1, -0.05) is 77.7 Å². The topological polar surface area (TPSA) is 36.9 Å². The van der Waals surface area contributed by atoms with Gasteiger partial charge in [0.25, 0.3) is 0 Å². The van der Waals surface area contributed by atoms with Crippen molar-refractivity contribution in [2.24, 2.45) is 11.8 Å². The highest BCUT2D eigenvalue weighted by Gasteiger charge is 2.23. The van der Waals surface area contributed by atoms with Gasteiger partial charge < -0.3 is 18.9 Å². The summed E-state index contributed by atoms with van der Waals surface area (Å²) in [6, 6.07) is 9.05. The summed E-state index contributed by atoms with van der Waals surface area (Å²) in [5.74, 6) is 5.60. The number of unbranched alkanes of at least 4 members (excludes halogenated alkanes) is 2. The predicted octanol–water partition coefficient (Wildman–Crippen LogP) is 11.0. The van der Waals surface area contributed by atoms with Gasteiger partial charge in [0.05, 0.1) is 28.4 Å². The van der Waals surface area contributed by atoms with E-state index in [4.69, 9.17) is 18.9 Å². The highest BCUT2D eigenvalue weighted by Crippen LogP contribution is 2.43. The Morgan fingerprint density at radius 3 is 1.14 bits per heavy atom. The van der Waals surface area contributed by atoms with Gasteiger partial charge >= 0.3 is 0 Å². The molecule has 244 valence electrons. The summed E-state index contributed by atoms with van der Waals surface area (Å²) in [6.45, 7) is 9.21. The number of hydrogen-bond acceptors (Lipinski definition) is 4. The van der Waals surface area contributed by atoms with Crippen LogP contribution in [-0.2, 0) is 12.8 Å². The molecule has 4 aliphatic rings. The molecule has 0 aromatic heterocycles. The lowest BCUT2D eigenvalue weighted by Crippen LogP contribution is -2.08. The fourth-order valence-electron chi connectivity index (χ4n) is 6.84. The van der Waals surface area contributed by atoms with E-state index in [0.717, 1.165) is 74.4 Å². The zero-order valence-corrected chi connectivity index (χ0v) is 29.0. The van der Waals surface area contributed by atoms with Crippen LogP contribution in [0.3, 0.4) is 0 Å². The van der Waals surface area contributed by atoms with Gasteiger partial charge in [-0.3, -0.25) is 0 Å². The maximum absolute atomic E-state index is 6.03. The molecule has 2 aromatic carbocycles. The van der Waals surface area contributed by atoms with E-state index >= 15 is 0 Å². The van der Waals surface area contributed by atoms with Crippen LogP contribution in [0.5, 0.6) is 23.0 Å². The van der Waals surface area contributed by atoms with Crippen molar-refractivity contribution < 1.29 is 18.9 Å². The van der Waals surface area contributed by atoms with Crippen molar-refractivity contribution in [3.8, 4) is 23.0 Å². The smallest absolute Gasteiger partial charge is 0.126 e. The van der Waals surface area contributed by atoms with E-state index in [0.29, 0.717) is 23.7 Å². The molecule has 0 heterocycles. The van der Waals surface area contributed by atoms with Crippen molar-refractivity contribution in [3.05, 3.63) is 70.8 Å². The maximum Gasteiger partial charge on any atom is 0.126 e. The third-order valence-electron chi connectivity index (χ3n) is 9.26. The Labute approximate surface area is 269 Å². The molecule has 4 atom stereocenters. The summed E-state index contributed by atoms with van der Waals surface area (Å²) >= 11 is 0. The molecule has 44 heavy (non-hydrogen) atoms. The van der Waals surface area contributed by atoms with Crippen molar-refractivity contribution in [2.45, 2.75) is 117 Å². The normalized spacial score (nSPS) is 22.9. The van der Waals surface area contributed by atoms with Crippen LogP contribution in [0.1, 0.15) is 126 Å². The average Bonchev–Trinajstić information content (AvgIpc) is 3.03. The fourth-order valence-corrected chi connectivity index (χ4v) is 6.84. The molecule has 0 unspecified atom stereocenters. The minimum absolute atomic E-state index is 0.361. The standard InChI is InChI=1S/C40H60O4/c1-9-11-19-33-21-15-13-17-29(3)24-32-27-37(43-7)40(38(28-32)44-8)34(20-12-10-2)22-16-14-18-30(4)23-31-25-35(41-5)39(33)36(26-31)42-6/h13-16,25-30,33-34H,9-12,17-24H2,1-8H3/b15-13-,16-14-/t29-,30-,33-,34-/m0/s1. The molecule has 4 aliphatic carbocycles. The van der Waals surface area contributed by atoms with Crippen LogP contribution < -0.4 is 18.9 Å². The molecule has 0 aliphatic heterocycles. The maximum atomic E-state index is 6.03. The highest BCUT2D eigenvalue weighted by atomic mass is 16.5. The molecule has 0 saturated heterocycles. The highest BCUT2D eigenvalue weighted by molar-refractivity contribution is 5.52. The first-order valence-corrected chi connectivity index (χ1v) is 17.2. The van der Waals surface area contributed by atoms with Crippen molar-refractivity contribution in [2.75, 3.05) is 28.4 Å². The molecule has 4 heteroatoms. The van der Waals surface area contributed by atoms with Crippen molar-refractivity contribution in [3.63, 3.8) is 0 Å². The number of allylic oxidation sites excluding steroid dienone is 4. The van der Waals surface area contributed by atoms with Crippen LogP contribution in [0.2, 0.25) is 0 Å². The van der Waals surface area contributed by atoms with E-state index in [9.17, 15) is 0 Å². The molecule has 0 spiro atoms. The fraction of sp³-hybridized carbons (Fsp3) is 0.600. The monoisotopic (exact) mass is 604 g/mol. The molecule has 0 fully saturated rings. The Bertz CT molecular complexity index is 1050. The molecular weight excluding hydrogens is 544 g/mol. The number of ether oxygens (including phenoxy) is 4. The lowest BCUT2D eigenvalue weighted by atomic mass is 9.86. The van der Waals surface area contributed by atoms with Gasteiger partial charge in [0, 0.05) is 11.1 Å². The van der Waals surface area contributed by atoms with E-state index < -0.39 is 0 Å². The summed E-state index contributed by atoms with van der Waals surface area (Å²) < 4.78 is 24.1. The average molecular weight is 605 g/mol. The van der Waals surface area contributed by atoms with Crippen LogP contribution in [0.25, 0.3) is 0 Å². The molecule has 0 N–H and O–H groups in total. The summed E-state index contributed by atoms with van der Waals surface area (Å²) in [5.41, 5.74) is 4.99. The molecule has 0 saturated carbocycles. The van der Waals surface area contributed by atoms with Crippen molar-refractivity contribution in [1.29, 1.82) is 0 Å². The second-order valence-corrected chi connectivity index (χ2v) is 13.0. The zero-order chi connectivity index (χ0) is 31.9. The second-order valence-electron chi connectivity index (χ2n) is 13.0. The minimum Gasteiger partial charge on any atom is -0.496 e. The van der Waals surface area contributed by atoms with Gasteiger partial charge in [-0.05, 0) is 110 Å². The number of benzene rings is 2. The summed E-state index contributed by atoms with van der Waals surface area (Å²) in [4.78, 5) is 0. The van der Waals surface area contributed by atoms with Crippen LogP contribution in [0, 0.1) is 11.8 Å². The number of rotatable bonds is 10. The largest absolute Gasteiger partial charge is 0.496 e. The van der Waals surface area contributed by atoms with Gasteiger partial charge in [0.2, 0.25) is 0 Å². The Hall–Kier alpha value is -2.88. The van der Waals surface area contributed by atoms with Crippen molar-refractivity contribution in [1.82, 2.24) is 0 Å². The molecule has 4 bridgehead atoms. The third-order valence-corrected chi connectivity index (χ3v) is 9.26. The summed E-state index contributed by atoms with van der Waals surface area (Å²) in [5, 5.41) is 0. The Balaban J connectivity index is 2.02. The lowest BCUT2D eigenvalue weighted by Gasteiger charge is -2.24. The number of hydrogen-bond donors (Lipinski definition) is 0. The minimum atomic E-state index is 0.361. The molecule has 2 aromatic rings. The third kappa shape index (κ3) is 10.1. The van der Waals surface area contributed by atoms with E-state index in [-0.39, 0.29) is 0 Å². The summed E-state index contributed by atoms with van der Waals surface area (Å²) in [6.07, 6.45) is 22.5. The second kappa shape index (κ2) is 18.8. The zero-order valence-electron chi connectivity index (χ0n) is 29.0. The van der Waals surface area contributed by atoms with Gasteiger partial charge in [-0.2, -0.15) is 0 Å². The SMILES string of the molecule is CCCC[C@H]1C/C=C\C[C@H](C)Cc2cc(OC)c(c(OC)c2)[C@@H](CCCC)C/C=C\C[C@H](C)Cc2cc(OC)c1c(OC)c2. The van der Waals surface area contributed by atoms with Crippen LogP contribution in [-0.4, -0.2) is 28.4 Å². The molecule has 0 amide bonds. The van der Waals surface area contributed by atoms with E-state index in [1.54, 1.807) is 28.4 Å². The lowest BCUT2D eigenvalue weighted by molar-refractivity contribution is 0.373. The Morgan fingerprint density at radius 2 is 0.841 bits per heavy atom. The van der Waals surface area contributed by atoms with Gasteiger partial charge in [-0.25, -0.2) is 0 Å². The van der Waals surface area contributed by atoms with Crippen molar-refractivity contribution >= 4 is 0 Å². The molecule has 0 radical (unpaired) electrons. The quantitative estimate of drug-likeness (QED) is 0.253. The Kier molecular flexibility index (Phi) is 15.2. The van der Waals surface area contributed by atoms with Crippen LogP contribution >= 0.6 is 0 Å². The first-order valence-electron chi connectivity index (χ1n) is 17.2. The van der Waals surface area contributed by atoms with Gasteiger partial charge in [-0.15, -0.1) is 0 Å². The van der Waals surface area contributed by atoms with Crippen LogP contribution in [0.4, 0.5) is 0 Å². The predicted molar refractivity (Wildman–Crippen MR) is 186 cm³/mol. The Morgan fingerprint density at radius 1 is 0.523 bits per heavy atom. The molecule has 6 rings (SSSR count). The van der Waals surface area contributed by atoms with Gasteiger partial charge in [0.15, 0.2) is 0 Å². The van der Waals surface area contributed by atoms with E-state index in [1.165, 1.54) is 47.9 Å².